The van der Waals surface area contributed by atoms with E-state index in [1.54, 1.807) is 0 Å². The average Bonchev–Trinajstić information content (AvgIpc) is 2.25. The average molecular weight is 218 g/mol. The quantitative estimate of drug-likeness (QED) is 0.774. The number of likely N-dealkylation sites (tertiary alicyclic amines) is 1. The molecule has 0 spiro atoms. The van der Waals surface area contributed by atoms with Crippen molar-refractivity contribution >= 4 is 5.78 Å². The minimum absolute atomic E-state index is 0.150. The summed E-state index contributed by atoms with van der Waals surface area (Å²) in [5.41, 5.74) is 7.47. The number of hydrogen-bond donors (Lipinski definition) is 1. The summed E-state index contributed by atoms with van der Waals surface area (Å²) in [6, 6.07) is 7.98. The molecule has 0 aliphatic carbocycles. The highest BCUT2D eigenvalue weighted by molar-refractivity contribution is 5.96. The first kappa shape index (κ1) is 11.3. The zero-order valence-electron chi connectivity index (χ0n) is 9.65. The number of carbonyl (C=O) groups is 1. The van der Waals surface area contributed by atoms with E-state index < -0.39 is 0 Å². The number of likely N-dealkylation sites (N-methyl/N-ethyl adjacent to an activating group) is 1. The Morgan fingerprint density at radius 3 is 2.88 bits per heavy atom. The van der Waals surface area contributed by atoms with E-state index in [4.69, 9.17) is 5.73 Å². The molecule has 2 N–H and O–H groups in total. The third-order valence-corrected chi connectivity index (χ3v) is 3.12. The van der Waals surface area contributed by atoms with E-state index in [9.17, 15) is 4.79 Å². The van der Waals surface area contributed by atoms with Crippen LogP contribution in [0.15, 0.2) is 24.3 Å². The highest BCUT2D eigenvalue weighted by Crippen LogP contribution is 2.26. The van der Waals surface area contributed by atoms with Crippen LogP contribution >= 0.6 is 0 Å². The number of benzene rings is 1. The van der Waals surface area contributed by atoms with E-state index in [2.05, 4.69) is 18.0 Å². The van der Waals surface area contributed by atoms with Gasteiger partial charge in [0, 0.05) is 31.0 Å². The van der Waals surface area contributed by atoms with Gasteiger partial charge in [0.2, 0.25) is 0 Å². The van der Waals surface area contributed by atoms with E-state index >= 15 is 0 Å². The van der Waals surface area contributed by atoms with Crippen molar-refractivity contribution in [1.29, 1.82) is 0 Å². The van der Waals surface area contributed by atoms with Crippen LogP contribution in [0.4, 0.5) is 0 Å². The van der Waals surface area contributed by atoms with Crippen LogP contribution < -0.4 is 5.73 Å². The second-order valence-electron chi connectivity index (χ2n) is 4.51. The number of nitrogens with zero attached hydrogens (tertiary/aromatic N) is 1. The SMILES string of the molecule is CN1CC(c2cccc(C(=O)CCN)c2)C1. The predicted molar refractivity (Wildman–Crippen MR) is 64.7 cm³/mol. The van der Waals surface area contributed by atoms with Gasteiger partial charge in [-0.15, -0.1) is 0 Å². The Bertz CT molecular complexity index is 383. The number of hydrogen-bond acceptors (Lipinski definition) is 3. The summed E-state index contributed by atoms with van der Waals surface area (Å²) >= 11 is 0. The largest absolute Gasteiger partial charge is 0.330 e. The summed E-state index contributed by atoms with van der Waals surface area (Å²) in [5, 5.41) is 0. The molecule has 0 saturated carbocycles. The smallest absolute Gasteiger partial charge is 0.164 e. The Morgan fingerprint density at radius 2 is 2.25 bits per heavy atom. The van der Waals surface area contributed by atoms with Crippen molar-refractivity contribution in [2.45, 2.75) is 12.3 Å². The van der Waals surface area contributed by atoms with Crippen LogP contribution in [0.3, 0.4) is 0 Å². The molecular formula is C13H18N2O. The van der Waals surface area contributed by atoms with Gasteiger partial charge in [-0.3, -0.25) is 4.79 Å². The van der Waals surface area contributed by atoms with Crippen molar-refractivity contribution < 1.29 is 4.79 Å². The van der Waals surface area contributed by atoms with Crippen LogP contribution in [0, 0.1) is 0 Å². The Hall–Kier alpha value is -1.19. The minimum Gasteiger partial charge on any atom is -0.330 e. The molecule has 0 aromatic heterocycles. The highest BCUT2D eigenvalue weighted by Gasteiger charge is 2.24. The van der Waals surface area contributed by atoms with Gasteiger partial charge in [-0.2, -0.15) is 0 Å². The number of ketones is 1. The van der Waals surface area contributed by atoms with Crippen LogP contribution in [-0.2, 0) is 0 Å². The number of carbonyl (C=O) groups excluding carboxylic acids is 1. The molecule has 0 amide bonds. The lowest BCUT2D eigenvalue weighted by molar-refractivity contribution is 0.0985. The predicted octanol–water partition coefficient (Wildman–Crippen LogP) is 1.25. The van der Waals surface area contributed by atoms with Crippen LogP contribution in [0.1, 0.15) is 28.3 Å². The van der Waals surface area contributed by atoms with Crippen LogP contribution in [-0.4, -0.2) is 37.4 Å². The molecule has 0 bridgehead atoms. The Kier molecular flexibility index (Phi) is 3.36. The second kappa shape index (κ2) is 4.76. The molecule has 1 aliphatic rings. The molecule has 86 valence electrons. The number of rotatable bonds is 4. The van der Waals surface area contributed by atoms with Crippen LogP contribution in [0.5, 0.6) is 0 Å². The molecule has 3 nitrogen and oxygen atoms in total. The molecule has 0 radical (unpaired) electrons. The van der Waals surface area contributed by atoms with E-state index in [-0.39, 0.29) is 5.78 Å². The van der Waals surface area contributed by atoms with Crippen molar-refractivity contribution in [3.63, 3.8) is 0 Å². The lowest BCUT2D eigenvalue weighted by atomic mass is 9.90. The Balaban J connectivity index is 2.10. The molecule has 1 aromatic rings. The van der Waals surface area contributed by atoms with Crippen molar-refractivity contribution in [3.8, 4) is 0 Å². The van der Waals surface area contributed by atoms with Crippen molar-refractivity contribution in [1.82, 2.24) is 4.90 Å². The summed E-state index contributed by atoms with van der Waals surface area (Å²) < 4.78 is 0. The van der Waals surface area contributed by atoms with Crippen molar-refractivity contribution in [2.75, 3.05) is 26.7 Å². The van der Waals surface area contributed by atoms with Crippen LogP contribution in [0.25, 0.3) is 0 Å². The monoisotopic (exact) mass is 218 g/mol. The van der Waals surface area contributed by atoms with E-state index in [0.717, 1.165) is 18.7 Å². The van der Waals surface area contributed by atoms with Gasteiger partial charge >= 0.3 is 0 Å². The third kappa shape index (κ3) is 2.31. The third-order valence-electron chi connectivity index (χ3n) is 3.12. The van der Waals surface area contributed by atoms with Crippen molar-refractivity contribution in [2.24, 2.45) is 5.73 Å². The maximum Gasteiger partial charge on any atom is 0.164 e. The molecule has 16 heavy (non-hydrogen) atoms. The van der Waals surface area contributed by atoms with Crippen LogP contribution in [0.2, 0.25) is 0 Å². The number of nitrogens with two attached hydrogens (primary N) is 1. The van der Waals surface area contributed by atoms with Gasteiger partial charge in [-0.25, -0.2) is 0 Å². The molecule has 1 heterocycles. The summed E-state index contributed by atoms with van der Waals surface area (Å²) in [6.07, 6.45) is 0.439. The molecule has 3 heteroatoms. The molecule has 1 aliphatic heterocycles. The second-order valence-corrected chi connectivity index (χ2v) is 4.51. The maximum atomic E-state index is 11.7. The van der Waals surface area contributed by atoms with E-state index in [1.807, 2.05) is 18.2 Å². The lowest BCUT2D eigenvalue weighted by Crippen LogP contribution is -2.41. The van der Waals surface area contributed by atoms with Gasteiger partial charge in [0.1, 0.15) is 0 Å². The van der Waals surface area contributed by atoms with Gasteiger partial charge in [0.05, 0.1) is 0 Å². The Labute approximate surface area is 96.2 Å². The summed E-state index contributed by atoms with van der Waals surface area (Å²) in [4.78, 5) is 14.0. The molecule has 0 unspecified atom stereocenters. The normalized spacial score (nSPS) is 17.1. The molecule has 2 rings (SSSR count). The van der Waals surface area contributed by atoms with Gasteiger partial charge in [-0.05, 0) is 25.2 Å². The fraction of sp³-hybridized carbons (Fsp3) is 0.462. The Morgan fingerprint density at radius 1 is 1.50 bits per heavy atom. The zero-order chi connectivity index (χ0) is 11.5. The lowest BCUT2D eigenvalue weighted by Gasteiger charge is -2.36. The fourth-order valence-electron chi connectivity index (χ4n) is 2.15. The molecule has 0 atom stereocenters. The summed E-state index contributed by atoms with van der Waals surface area (Å²) in [7, 11) is 2.11. The van der Waals surface area contributed by atoms with E-state index in [1.165, 1.54) is 5.56 Å². The highest BCUT2D eigenvalue weighted by atomic mass is 16.1. The maximum absolute atomic E-state index is 11.7. The molecule has 1 saturated heterocycles. The van der Waals surface area contributed by atoms with Gasteiger partial charge in [-0.1, -0.05) is 18.2 Å². The molecular weight excluding hydrogens is 200 g/mol. The summed E-state index contributed by atoms with van der Waals surface area (Å²) in [5.74, 6) is 0.743. The standard InChI is InChI=1S/C13H18N2O/c1-15-8-12(9-15)10-3-2-4-11(7-10)13(16)5-6-14/h2-4,7,12H,5-6,8-9,14H2,1H3. The topological polar surface area (TPSA) is 46.3 Å². The van der Waals surface area contributed by atoms with Gasteiger partial charge in [0.15, 0.2) is 5.78 Å². The van der Waals surface area contributed by atoms with E-state index in [0.29, 0.717) is 18.9 Å². The van der Waals surface area contributed by atoms with Crippen molar-refractivity contribution in [3.05, 3.63) is 35.4 Å². The first-order valence-corrected chi connectivity index (χ1v) is 5.72. The fourth-order valence-corrected chi connectivity index (χ4v) is 2.15. The zero-order valence-corrected chi connectivity index (χ0v) is 9.65. The minimum atomic E-state index is 0.150. The van der Waals surface area contributed by atoms with Gasteiger partial charge in [0.25, 0.3) is 0 Å². The molecule has 1 fully saturated rings. The first-order chi connectivity index (χ1) is 7.70. The van der Waals surface area contributed by atoms with Gasteiger partial charge < -0.3 is 10.6 Å². The number of Topliss-reactive ketones (excluding diaryl/α,β-unsaturated/α-hetero) is 1. The molecule has 1 aromatic carbocycles. The summed E-state index contributed by atoms with van der Waals surface area (Å²) in [6.45, 7) is 2.61. The first-order valence-electron chi connectivity index (χ1n) is 5.72.